The predicted molar refractivity (Wildman–Crippen MR) is 68.9 cm³/mol. The number of carboxylic acid groups (broad SMARTS) is 1. The molecule has 0 radical (unpaired) electrons. The number of carboxylic acids is 1. The van der Waals surface area contributed by atoms with Crippen molar-refractivity contribution in [2.75, 3.05) is 0 Å². The standard InChI is InChI=1S/C12H16BNO4/c1-2-10(13(17)18)9-5-3-8(4-6-9)7-11(14)12(15)16/h2-6,10-11,17-18H,1,7,14H2,(H,15,16). The summed E-state index contributed by atoms with van der Waals surface area (Å²) in [5.41, 5.74) is 6.91. The van der Waals surface area contributed by atoms with E-state index in [9.17, 15) is 4.79 Å². The number of allylic oxidation sites excluding steroid dienone is 1. The van der Waals surface area contributed by atoms with Crippen molar-refractivity contribution in [1.29, 1.82) is 0 Å². The molecule has 96 valence electrons. The third-order valence-corrected chi connectivity index (χ3v) is 2.71. The highest BCUT2D eigenvalue weighted by molar-refractivity contribution is 6.44. The second-order valence-corrected chi connectivity index (χ2v) is 4.07. The highest BCUT2D eigenvalue weighted by atomic mass is 16.4. The van der Waals surface area contributed by atoms with E-state index in [2.05, 4.69) is 6.58 Å². The number of hydrogen-bond donors (Lipinski definition) is 4. The first-order valence-corrected chi connectivity index (χ1v) is 5.51. The number of nitrogens with two attached hydrogens (primary N) is 1. The van der Waals surface area contributed by atoms with E-state index in [1.807, 2.05) is 0 Å². The fourth-order valence-corrected chi connectivity index (χ4v) is 1.65. The summed E-state index contributed by atoms with van der Waals surface area (Å²) >= 11 is 0. The molecule has 6 heteroatoms. The quantitative estimate of drug-likeness (QED) is 0.417. The molecule has 18 heavy (non-hydrogen) atoms. The molecule has 0 bridgehead atoms. The van der Waals surface area contributed by atoms with Crippen LogP contribution < -0.4 is 5.73 Å². The van der Waals surface area contributed by atoms with Crippen molar-refractivity contribution >= 4 is 13.1 Å². The van der Waals surface area contributed by atoms with Crippen LogP contribution in [0.4, 0.5) is 0 Å². The molecule has 0 heterocycles. The van der Waals surface area contributed by atoms with Crippen molar-refractivity contribution < 1.29 is 19.9 Å². The molecule has 2 atom stereocenters. The van der Waals surface area contributed by atoms with Gasteiger partial charge in [-0.25, -0.2) is 0 Å². The average Bonchev–Trinajstić information content (AvgIpc) is 2.31. The van der Waals surface area contributed by atoms with E-state index in [4.69, 9.17) is 20.9 Å². The van der Waals surface area contributed by atoms with Gasteiger partial charge in [0.1, 0.15) is 6.04 Å². The Balaban J connectivity index is 2.79. The van der Waals surface area contributed by atoms with Crippen LogP contribution in [-0.4, -0.2) is 34.3 Å². The van der Waals surface area contributed by atoms with Gasteiger partial charge in [0.25, 0.3) is 0 Å². The maximum atomic E-state index is 10.6. The summed E-state index contributed by atoms with van der Waals surface area (Å²) in [6, 6.07) is 5.91. The Morgan fingerprint density at radius 1 is 1.39 bits per heavy atom. The second-order valence-electron chi connectivity index (χ2n) is 4.07. The third-order valence-electron chi connectivity index (χ3n) is 2.71. The zero-order chi connectivity index (χ0) is 13.7. The number of carbonyl (C=O) groups is 1. The average molecular weight is 249 g/mol. The van der Waals surface area contributed by atoms with Gasteiger partial charge in [-0.15, -0.1) is 6.58 Å². The monoisotopic (exact) mass is 249 g/mol. The van der Waals surface area contributed by atoms with Crippen LogP contribution in [0.3, 0.4) is 0 Å². The Hall–Kier alpha value is -1.63. The van der Waals surface area contributed by atoms with Crippen molar-refractivity contribution in [2.24, 2.45) is 5.73 Å². The molecule has 0 aromatic heterocycles. The van der Waals surface area contributed by atoms with E-state index < -0.39 is 24.9 Å². The summed E-state index contributed by atoms with van der Waals surface area (Å²) in [7, 11) is -1.50. The van der Waals surface area contributed by atoms with Gasteiger partial charge in [0.05, 0.1) is 0 Å². The van der Waals surface area contributed by atoms with Crippen molar-refractivity contribution in [2.45, 2.75) is 18.3 Å². The molecule has 0 aliphatic carbocycles. The minimum Gasteiger partial charge on any atom is -0.480 e. The molecule has 0 aliphatic heterocycles. The molecule has 1 aromatic carbocycles. The zero-order valence-corrected chi connectivity index (χ0v) is 9.86. The van der Waals surface area contributed by atoms with Crippen LogP contribution in [0.25, 0.3) is 0 Å². The Morgan fingerprint density at radius 3 is 2.33 bits per heavy atom. The first-order chi connectivity index (χ1) is 8.45. The SMILES string of the molecule is C=CC(B(O)O)c1ccc(CC(N)C(=O)O)cc1. The molecule has 2 unspecified atom stereocenters. The molecule has 5 N–H and O–H groups in total. The maximum Gasteiger partial charge on any atom is 0.463 e. The van der Waals surface area contributed by atoms with Crippen molar-refractivity contribution in [3.8, 4) is 0 Å². The van der Waals surface area contributed by atoms with Gasteiger partial charge in [-0.3, -0.25) is 4.79 Å². The largest absolute Gasteiger partial charge is 0.480 e. The zero-order valence-electron chi connectivity index (χ0n) is 9.86. The van der Waals surface area contributed by atoms with E-state index in [-0.39, 0.29) is 6.42 Å². The molecule has 1 rings (SSSR count). The van der Waals surface area contributed by atoms with Gasteiger partial charge in [-0.1, -0.05) is 30.3 Å². The normalized spacial score (nSPS) is 13.7. The first kappa shape index (κ1) is 14.4. The number of rotatable bonds is 6. The minimum atomic E-state index is -1.50. The third kappa shape index (κ3) is 3.70. The molecular weight excluding hydrogens is 233 g/mol. The number of hydrogen-bond acceptors (Lipinski definition) is 4. The summed E-state index contributed by atoms with van der Waals surface area (Å²) < 4.78 is 0. The van der Waals surface area contributed by atoms with Crippen molar-refractivity contribution in [1.82, 2.24) is 0 Å². The van der Waals surface area contributed by atoms with Gasteiger partial charge >= 0.3 is 13.1 Å². The molecule has 0 fully saturated rings. The minimum absolute atomic E-state index is 0.232. The summed E-state index contributed by atoms with van der Waals surface area (Å²) in [4.78, 5) is 10.6. The second kappa shape index (κ2) is 6.35. The van der Waals surface area contributed by atoms with Gasteiger partial charge in [0.15, 0.2) is 0 Å². The van der Waals surface area contributed by atoms with E-state index >= 15 is 0 Å². The lowest BCUT2D eigenvalue weighted by molar-refractivity contribution is -0.138. The van der Waals surface area contributed by atoms with Crippen molar-refractivity contribution in [3.63, 3.8) is 0 Å². The van der Waals surface area contributed by atoms with Crippen LogP contribution >= 0.6 is 0 Å². The Kier molecular flexibility index (Phi) is 5.09. The van der Waals surface area contributed by atoms with Gasteiger partial charge in [-0.2, -0.15) is 0 Å². The van der Waals surface area contributed by atoms with Crippen LogP contribution in [0, 0.1) is 0 Å². The number of benzene rings is 1. The van der Waals surface area contributed by atoms with Crippen molar-refractivity contribution in [3.05, 3.63) is 48.0 Å². The van der Waals surface area contributed by atoms with E-state index in [1.54, 1.807) is 24.3 Å². The highest BCUT2D eigenvalue weighted by Crippen LogP contribution is 2.19. The molecule has 1 aromatic rings. The van der Waals surface area contributed by atoms with E-state index in [0.29, 0.717) is 5.56 Å². The topological polar surface area (TPSA) is 104 Å². The lowest BCUT2D eigenvalue weighted by atomic mass is 9.69. The molecule has 0 amide bonds. The molecule has 5 nitrogen and oxygen atoms in total. The predicted octanol–water partition coefficient (Wildman–Crippen LogP) is -0.0774. The lowest BCUT2D eigenvalue weighted by Crippen LogP contribution is -2.32. The van der Waals surface area contributed by atoms with Gasteiger partial charge in [-0.05, 0) is 17.5 Å². The molecule has 0 spiro atoms. The van der Waals surface area contributed by atoms with Crippen LogP contribution in [0.1, 0.15) is 16.9 Å². The Bertz CT molecular complexity index is 419. The summed E-state index contributed by atoms with van der Waals surface area (Å²) in [6.45, 7) is 3.53. The van der Waals surface area contributed by atoms with Gasteiger partial charge in [0.2, 0.25) is 0 Å². The number of aliphatic carboxylic acids is 1. The summed E-state index contributed by atoms with van der Waals surface area (Å²) in [6.07, 6.45) is 1.68. The van der Waals surface area contributed by atoms with E-state index in [0.717, 1.165) is 5.56 Å². The van der Waals surface area contributed by atoms with Crippen LogP contribution in [0.2, 0.25) is 0 Å². The summed E-state index contributed by atoms with van der Waals surface area (Å²) in [5, 5.41) is 27.0. The fourth-order valence-electron chi connectivity index (χ4n) is 1.65. The van der Waals surface area contributed by atoms with Crippen LogP contribution in [0.15, 0.2) is 36.9 Å². The Labute approximate surface area is 106 Å². The van der Waals surface area contributed by atoms with E-state index in [1.165, 1.54) is 6.08 Å². The molecule has 0 saturated carbocycles. The molecule has 0 aliphatic rings. The maximum absolute atomic E-state index is 10.6. The smallest absolute Gasteiger partial charge is 0.463 e. The highest BCUT2D eigenvalue weighted by Gasteiger charge is 2.21. The van der Waals surface area contributed by atoms with Crippen LogP contribution in [-0.2, 0) is 11.2 Å². The van der Waals surface area contributed by atoms with Crippen LogP contribution in [0.5, 0.6) is 0 Å². The first-order valence-electron chi connectivity index (χ1n) is 5.51. The Morgan fingerprint density at radius 2 is 1.94 bits per heavy atom. The molecule has 0 saturated heterocycles. The van der Waals surface area contributed by atoms with Gasteiger partial charge in [0, 0.05) is 5.82 Å². The fraction of sp³-hybridized carbons (Fsp3) is 0.250. The van der Waals surface area contributed by atoms with Gasteiger partial charge < -0.3 is 20.9 Å². The lowest BCUT2D eigenvalue weighted by Gasteiger charge is -2.12. The molecular formula is C12H16BNO4. The summed E-state index contributed by atoms with van der Waals surface area (Å²) in [5.74, 6) is -1.61.